The highest BCUT2D eigenvalue weighted by Gasteiger charge is 2.17. The molecule has 4 heteroatoms. The molecule has 2 nitrogen and oxygen atoms in total. The molecule has 0 amide bonds. The first kappa shape index (κ1) is 14.4. The fraction of sp³-hybridized carbons (Fsp3) is 0.538. The van der Waals surface area contributed by atoms with E-state index < -0.39 is 11.4 Å². The zero-order chi connectivity index (χ0) is 13.1. The number of halogens is 2. The molecule has 1 N–H and O–H groups in total. The lowest BCUT2D eigenvalue weighted by molar-refractivity contribution is 0.0353. The summed E-state index contributed by atoms with van der Waals surface area (Å²) in [6.45, 7) is 7.61. The lowest BCUT2D eigenvalue weighted by Crippen LogP contribution is -2.38. The first-order valence-corrected chi connectivity index (χ1v) is 6.08. The largest absolute Gasteiger partial charge is 0.389 e. The lowest BCUT2D eigenvalue weighted by atomic mass is 10.1. The third-order valence-electron chi connectivity index (χ3n) is 2.45. The Balaban J connectivity index is 2.70. The molecule has 0 aliphatic carbocycles. The zero-order valence-corrected chi connectivity index (χ0v) is 11.3. The van der Waals surface area contributed by atoms with Crippen molar-refractivity contribution >= 4 is 11.6 Å². The Morgan fingerprint density at radius 3 is 2.53 bits per heavy atom. The van der Waals surface area contributed by atoms with E-state index in [0.717, 1.165) is 12.1 Å². The number of aliphatic hydroxyl groups is 1. The summed E-state index contributed by atoms with van der Waals surface area (Å²) in [7, 11) is 0. The minimum absolute atomic E-state index is 0.141. The van der Waals surface area contributed by atoms with Gasteiger partial charge in [-0.1, -0.05) is 24.6 Å². The summed E-state index contributed by atoms with van der Waals surface area (Å²) in [5, 5.41) is 9.91. The van der Waals surface area contributed by atoms with Crippen molar-refractivity contribution in [3.8, 4) is 0 Å². The van der Waals surface area contributed by atoms with Gasteiger partial charge in [0.25, 0.3) is 0 Å². The number of likely N-dealkylation sites (N-methyl/N-ethyl adjacent to an activating group) is 1. The monoisotopic (exact) mass is 259 g/mol. The molecule has 17 heavy (non-hydrogen) atoms. The minimum atomic E-state index is -0.736. The van der Waals surface area contributed by atoms with Crippen LogP contribution in [0.1, 0.15) is 26.3 Å². The molecular formula is C13H19ClFNO. The van der Waals surface area contributed by atoms with E-state index in [2.05, 4.69) is 4.90 Å². The van der Waals surface area contributed by atoms with E-state index in [-0.39, 0.29) is 5.02 Å². The fourth-order valence-electron chi connectivity index (χ4n) is 1.72. The van der Waals surface area contributed by atoms with Gasteiger partial charge in [-0.3, -0.25) is 4.90 Å². The highest BCUT2D eigenvalue weighted by molar-refractivity contribution is 6.30. The Bertz CT molecular complexity index is 376. The van der Waals surface area contributed by atoms with E-state index in [1.165, 1.54) is 6.07 Å². The van der Waals surface area contributed by atoms with Crippen molar-refractivity contribution in [2.75, 3.05) is 13.1 Å². The maximum atomic E-state index is 13.0. The van der Waals surface area contributed by atoms with E-state index in [1.54, 1.807) is 26.0 Å². The van der Waals surface area contributed by atoms with E-state index in [9.17, 15) is 9.50 Å². The molecule has 0 radical (unpaired) electrons. The summed E-state index contributed by atoms with van der Waals surface area (Å²) in [6, 6.07) is 4.72. The van der Waals surface area contributed by atoms with Crippen LogP contribution in [0.15, 0.2) is 18.2 Å². The molecule has 0 bridgehead atoms. The fourth-order valence-corrected chi connectivity index (χ4v) is 1.93. The topological polar surface area (TPSA) is 23.5 Å². The van der Waals surface area contributed by atoms with E-state index in [1.807, 2.05) is 6.92 Å². The van der Waals surface area contributed by atoms with Crippen LogP contribution in [0.2, 0.25) is 5.02 Å². The molecule has 1 aromatic carbocycles. The first-order chi connectivity index (χ1) is 7.81. The van der Waals surface area contributed by atoms with E-state index in [0.29, 0.717) is 13.1 Å². The van der Waals surface area contributed by atoms with Gasteiger partial charge in [0.1, 0.15) is 5.82 Å². The molecule has 96 valence electrons. The normalized spacial score (nSPS) is 12.2. The van der Waals surface area contributed by atoms with E-state index >= 15 is 0 Å². The molecule has 0 saturated heterocycles. The summed E-state index contributed by atoms with van der Waals surface area (Å²) in [5.74, 6) is -0.402. The predicted molar refractivity (Wildman–Crippen MR) is 68.7 cm³/mol. The molecule has 0 aliphatic rings. The average Bonchev–Trinajstić information content (AvgIpc) is 2.20. The maximum absolute atomic E-state index is 13.0. The van der Waals surface area contributed by atoms with Gasteiger partial charge in [-0.2, -0.15) is 0 Å². The van der Waals surface area contributed by atoms with Crippen LogP contribution < -0.4 is 0 Å². The smallest absolute Gasteiger partial charge is 0.141 e. The highest BCUT2D eigenvalue weighted by Crippen LogP contribution is 2.18. The quantitative estimate of drug-likeness (QED) is 0.879. The Hall–Kier alpha value is -0.640. The van der Waals surface area contributed by atoms with Crippen LogP contribution in [0.5, 0.6) is 0 Å². The summed E-state index contributed by atoms with van der Waals surface area (Å²) in [5.41, 5.74) is 0.210. The standard InChI is InChI=1S/C13H19ClFNO/c1-4-16(9-13(2,3)17)8-10-5-6-12(15)11(14)7-10/h5-7,17H,4,8-9H2,1-3H3. The second kappa shape index (κ2) is 5.80. The minimum Gasteiger partial charge on any atom is -0.389 e. The zero-order valence-electron chi connectivity index (χ0n) is 10.5. The maximum Gasteiger partial charge on any atom is 0.141 e. The second-order valence-electron chi connectivity index (χ2n) is 4.86. The molecule has 0 unspecified atom stereocenters. The van der Waals surface area contributed by atoms with Crippen molar-refractivity contribution in [1.29, 1.82) is 0 Å². The molecular weight excluding hydrogens is 241 g/mol. The SMILES string of the molecule is CCN(Cc1ccc(F)c(Cl)c1)CC(C)(C)O. The summed E-state index contributed by atoms with van der Waals surface area (Å²) in [4.78, 5) is 2.09. The van der Waals surface area contributed by atoms with Gasteiger partial charge in [0.05, 0.1) is 10.6 Å². The molecule has 1 rings (SSSR count). The third kappa shape index (κ3) is 5.02. The van der Waals surface area contributed by atoms with E-state index in [4.69, 9.17) is 11.6 Å². The molecule has 1 aromatic rings. The second-order valence-corrected chi connectivity index (χ2v) is 5.27. The van der Waals surface area contributed by atoms with Gasteiger partial charge in [-0.05, 0) is 38.1 Å². The Morgan fingerprint density at radius 2 is 2.06 bits per heavy atom. The molecule has 0 aromatic heterocycles. The third-order valence-corrected chi connectivity index (χ3v) is 2.74. The van der Waals surface area contributed by atoms with Crippen molar-refractivity contribution in [2.45, 2.75) is 32.9 Å². The van der Waals surface area contributed by atoms with Crippen molar-refractivity contribution in [3.63, 3.8) is 0 Å². The van der Waals surface area contributed by atoms with Crippen molar-refractivity contribution in [3.05, 3.63) is 34.6 Å². The van der Waals surface area contributed by atoms with Gasteiger partial charge in [0.2, 0.25) is 0 Å². The van der Waals surface area contributed by atoms with Crippen LogP contribution in [0.3, 0.4) is 0 Å². The van der Waals surface area contributed by atoms with Crippen LogP contribution >= 0.6 is 11.6 Å². The summed E-state index contributed by atoms with van der Waals surface area (Å²) >= 11 is 5.73. The Kier molecular flexibility index (Phi) is 4.92. The van der Waals surface area contributed by atoms with Gasteiger partial charge in [-0.15, -0.1) is 0 Å². The number of hydrogen-bond donors (Lipinski definition) is 1. The number of benzene rings is 1. The van der Waals surface area contributed by atoms with Crippen LogP contribution in [0, 0.1) is 5.82 Å². The molecule has 0 saturated carbocycles. The molecule has 0 aliphatic heterocycles. The average molecular weight is 260 g/mol. The van der Waals surface area contributed by atoms with Crippen LogP contribution in [-0.4, -0.2) is 28.7 Å². The number of nitrogens with zero attached hydrogens (tertiary/aromatic N) is 1. The number of hydrogen-bond acceptors (Lipinski definition) is 2. The lowest BCUT2D eigenvalue weighted by Gasteiger charge is -2.28. The Labute approximate surface area is 107 Å². The van der Waals surface area contributed by atoms with Gasteiger partial charge in [0, 0.05) is 13.1 Å². The summed E-state index contributed by atoms with van der Waals surface area (Å²) in [6.07, 6.45) is 0. The van der Waals surface area contributed by atoms with Crippen LogP contribution in [0.4, 0.5) is 4.39 Å². The van der Waals surface area contributed by atoms with Crippen LogP contribution in [0.25, 0.3) is 0 Å². The Morgan fingerprint density at radius 1 is 1.41 bits per heavy atom. The van der Waals surface area contributed by atoms with Crippen LogP contribution in [-0.2, 0) is 6.54 Å². The van der Waals surface area contributed by atoms with Gasteiger partial charge in [-0.25, -0.2) is 4.39 Å². The number of rotatable bonds is 5. The molecule has 0 fully saturated rings. The van der Waals surface area contributed by atoms with Crippen molar-refractivity contribution in [2.24, 2.45) is 0 Å². The van der Waals surface area contributed by atoms with Crippen molar-refractivity contribution < 1.29 is 9.50 Å². The van der Waals surface area contributed by atoms with Gasteiger partial charge >= 0.3 is 0 Å². The van der Waals surface area contributed by atoms with Crippen molar-refractivity contribution in [1.82, 2.24) is 4.90 Å². The highest BCUT2D eigenvalue weighted by atomic mass is 35.5. The first-order valence-electron chi connectivity index (χ1n) is 5.70. The van der Waals surface area contributed by atoms with Gasteiger partial charge < -0.3 is 5.11 Å². The molecule has 0 spiro atoms. The molecule has 0 atom stereocenters. The summed E-state index contributed by atoms with van der Waals surface area (Å²) < 4.78 is 13.0. The predicted octanol–water partition coefficient (Wildman–Crippen LogP) is 3.07. The van der Waals surface area contributed by atoms with Gasteiger partial charge in [0.15, 0.2) is 0 Å². The molecule has 0 heterocycles.